The quantitative estimate of drug-likeness (QED) is 0.193. The minimum Gasteiger partial charge on any atom is -0.462 e. The number of ether oxygens (including phenoxy) is 1. The van der Waals surface area contributed by atoms with Crippen molar-refractivity contribution in [2.75, 3.05) is 6.61 Å². The van der Waals surface area contributed by atoms with Crippen LogP contribution in [-0.2, 0) is 9.53 Å². The van der Waals surface area contributed by atoms with Gasteiger partial charge in [-0.1, -0.05) is 11.7 Å². The standard InChI is InChI=1S/C5H5N3O2/c1-3-10-5(9)4(2)7-8-6/h1H,2-3H2. The zero-order valence-corrected chi connectivity index (χ0v) is 5.15. The molecule has 10 heavy (non-hydrogen) atoms. The van der Waals surface area contributed by atoms with Gasteiger partial charge >= 0.3 is 5.97 Å². The van der Waals surface area contributed by atoms with Crippen molar-refractivity contribution in [3.63, 3.8) is 0 Å². The number of rotatable bonds is 3. The molecule has 5 nitrogen and oxygen atoms in total. The van der Waals surface area contributed by atoms with Crippen LogP contribution in [0.5, 0.6) is 0 Å². The van der Waals surface area contributed by atoms with E-state index in [0.717, 1.165) is 0 Å². The minimum atomic E-state index is -0.805. The van der Waals surface area contributed by atoms with Crippen LogP contribution >= 0.6 is 0 Å². The molecule has 0 saturated heterocycles. The van der Waals surface area contributed by atoms with Crippen molar-refractivity contribution in [3.8, 4) is 0 Å². The van der Waals surface area contributed by atoms with E-state index in [9.17, 15) is 4.79 Å². The summed E-state index contributed by atoms with van der Waals surface area (Å²) in [5.74, 6) is -0.805. The number of esters is 1. The van der Waals surface area contributed by atoms with Gasteiger partial charge in [0.05, 0.1) is 6.61 Å². The van der Waals surface area contributed by atoms with E-state index in [2.05, 4.69) is 21.3 Å². The first-order valence-electron chi connectivity index (χ1n) is 2.33. The number of azide groups is 1. The predicted octanol–water partition coefficient (Wildman–Crippen LogP) is 1.06. The topological polar surface area (TPSA) is 75.1 Å². The first-order valence-corrected chi connectivity index (χ1v) is 2.33. The van der Waals surface area contributed by atoms with E-state index in [1.54, 1.807) is 0 Å². The van der Waals surface area contributed by atoms with Gasteiger partial charge in [-0.05, 0) is 5.53 Å². The SMILES string of the molecule is [CH]COC(=O)C(=C)N=[N+]=[N-]. The second kappa shape index (κ2) is 4.40. The van der Waals surface area contributed by atoms with Crippen LogP contribution in [0.25, 0.3) is 10.4 Å². The highest BCUT2D eigenvalue weighted by Crippen LogP contribution is 1.95. The maximum Gasteiger partial charge on any atom is 0.339 e. The largest absolute Gasteiger partial charge is 0.462 e. The lowest BCUT2D eigenvalue weighted by atomic mass is 10.5. The lowest BCUT2D eigenvalue weighted by Gasteiger charge is -1.96. The second-order valence-corrected chi connectivity index (χ2v) is 1.23. The molecule has 0 spiro atoms. The summed E-state index contributed by atoms with van der Waals surface area (Å²) >= 11 is 0. The number of hydrogen-bond donors (Lipinski definition) is 0. The third-order valence-electron chi connectivity index (χ3n) is 0.615. The number of carbonyl (C=O) groups is 1. The molecule has 0 aromatic carbocycles. The molecule has 0 aromatic heterocycles. The Bertz CT molecular complexity index is 193. The van der Waals surface area contributed by atoms with Gasteiger partial charge in [0.2, 0.25) is 0 Å². The molecular formula is C5H5N3O2. The molecule has 0 atom stereocenters. The average Bonchev–Trinajstić information content (AvgIpc) is 1.89. The molecule has 0 fully saturated rings. The summed E-state index contributed by atoms with van der Waals surface area (Å²) in [6, 6.07) is 0. The van der Waals surface area contributed by atoms with E-state index >= 15 is 0 Å². The maximum absolute atomic E-state index is 10.5. The van der Waals surface area contributed by atoms with Crippen LogP contribution in [0, 0.1) is 6.92 Å². The molecule has 2 radical (unpaired) electrons. The maximum atomic E-state index is 10.5. The Balaban J connectivity index is 3.95. The van der Waals surface area contributed by atoms with E-state index < -0.39 is 5.97 Å². The van der Waals surface area contributed by atoms with Crippen LogP contribution in [0.2, 0.25) is 0 Å². The van der Waals surface area contributed by atoms with E-state index in [-0.39, 0.29) is 12.3 Å². The normalized spacial score (nSPS) is 7.70. The Hall–Kier alpha value is -1.48. The minimum absolute atomic E-state index is 0.251. The lowest BCUT2D eigenvalue weighted by molar-refractivity contribution is -0.137. The summed E-state index contributed by atoms with van der Waals surface area (Å²) in [6.07, 6.45) is 0. The van der Waals surface area contributed by atoms with Crippen LogP contribution in [-0.4, -0.2) is 12.6 Å². The monoisotopic (exact) mass is 139 g/mol. The van der Waals surface area contributed by atoms with E-state index in [1.165, 1.54) is 0 Å². The predicted molar refractivity (Wildman–Crippen MR) is 33.5 cm³/mol. The van der Waals surface area contributed by atoms with Gasteiger partial charge in [-0.3, -0.25) is 0 Å². The number of nitrogens with zero attached hydrogens (tertiary/aromatic N) is 3. The lowest BCUT2D eigenvalue weighted by Crippen LogP contribution is -2.04. The summed E-state index contributed by atoms with van der Waals surface area (Å²) in [6.45, 7) is 7.71. The molecule has 0 heterocycles. The Morgan fingerprint density at radius 2 is 2.50 bits per heavy atom. The van der Waals surface area contributed by atoms with Crippen molar-refractivity contribution in [2.24, 2.45) is 5.11 Å². The van der Waals surface area contributed by atoms with Crippen molar-refractivity contribution in [2.45, 2.75) is 0 Å². The Labute approximate surface area is 57.9 Å². The highest BCUT2D eigenvalue weighted by atomic mass is 16.5. The summed E-state index contributed by atoms with van der Waals surface area (Å²) in [4.78, 5) is 12.8. The molecule has 0 aromatic rings. The Kier molecular flexibility index (Phi) is 3.75. The van der Waals surface area contributed by atoms with Gasteiger partial charge in [-0.15, -0.1) is 0 Å². The van der Waals surface area contributed by atoms with Crippen molar-refractivity contribution in [1.29, 1.82) is 0 Å². The second-order valence-electron chi connectivity index (χ2n) is 1.23. The molecule has 0 aliphatic rings. The van der Waals surface area contributed by atoms with Gasteiger partial charge in [0, 0.05) is 11.8 Å². The van der Waals surface area contributed by atoms with Gasteiger partial charge in [-0.2, -0.15) is 0 Å². The summed E-state index contributed by atoms with van der Waals surface area (Å²) in [5.41, 5.74) is 7.51. The number of hydrogen-bond acceptors (Lipinski definition) is 3. The van der Waals surface area contributed by atoms with Crippen LogP contribution < -0.4 is 0 Å². The molecule has 52 valence electrons. The van der Waals surface area contributed by atoms with E-state index in [4.69, 9.17) is 12.5 Å². The summed E-state index contributed by atoms with van der Waals surface area (Å²) in [7, 11) is 0. The molecule has 0 aliphatic heterocycles. The number of carbonyl (C=O) groups excluding carboxylic acids is 1. The van der Waals surface area contributed by atoms with Gasteiger partial charge in [0.25, 0.3) is 0 Å². The molecule has 0 unspecified atom stereocenters. The van der Waals surface area contributed by atoms with Gasteiger partial charge in [-0.25, -0.2) is 4.79 Å². The van der Waals surface area contributed by atoms with Crippen molar-refractivity contribution in [1.82, 2.24) is 0 Å². The van der Waals surface area contributed by atoms with Crippen molar-refractivity contribution in [3.05, 3.63) is 29.6 Å². The Morgan fingerprint density at radius 3 is 2.90 bits per heavy atom. The Morgan fingerprint density at radius 1 is 1.90 bits per heavy atom. The highest BCUT2D eigenvalue weighted by molar-refractivity contribution is 5.87. The molecule has 0 aliphatic carbocycles. The molecule has 0 rings (SSSR count). The van der Waals surface area contributed by atoms with E-state index in [0.29, 0.717) is 0 Å². The smallest absolute Gasteiger partial charge is 0.339 e. The first-order chi connectivity index (χ1) is 4.72. The van der Waals surface area contributed by atoms with Crippen molar-refractivity contribution < 1.29 is 9.53 Å². The fraction of sp³-hybridized carbons (Fsp3) is 0.200. The van der Waals surface area contributed by atoms with E-state index in [1.807, 2.05) is 0 Å². The first kappa shape index (κ1) is 8.52. The molecule has 0 bridgehead atoms. The van der Waals surface area contributed by atoms with Crippen LogP contribution in [0.15, 0.2) is 17.4 Å². The highest BCUT2D eigenvalue weighted by Gasteiger charge is 2.03. The van der Waals surface area contributed by atoms with Gasteiger partial charge in [0.1, 0.15) is 5.70 Å². The van der Waals surface area contributed by atoms with Crippen molar-refractivity contribution >= 4 is 5.97 Å². The molecule has 0 saturated carbocycles. The van der Waals surface area contributed by atoms with Gasteiger partial charge in [0.15, 0.2) is 0 Å². The zero-order valence-electron chi connectivity index (χ0n) is 5.15. The fourth-order valence-corrected chi connectivity index (χ4v) is 0.254. The third-order valence-corrected chi connectivity index (χ3v) is 0.615. The molecule has 0 amide bonds. The molecule has 0 N–H and O–H groups in total. The summed E-state index contributed by atoms with van der Waals surface area (Å²) in [5, 5.41) is 2.90. The van der Waals surface area contributed by atoms with Crippen LogP contribution in [0.3, 0.4) is 0 Å². The summed E-state index contributed by atoms with van der Waals surface area (Å²) < 4.78 is 4.23. The third kappa shape index (κ3) is 2.74. The van der Waals surface area contributed by atoms with Crippen LogP contribution in [0.1, 0.15) is 0 Å². The van der Waals surface area contributed by atoms with Gasteiger partial charge < -0.3 is 4.74 Å². The zero-order chi connectivity index (χ0) is 7.98. The van der Waals surface area contributed by atoms with Crippen LogP contribution in [0.4, 0.5) is 0 Å². The average molecular weight is 139 g/mol. The fourth-order valence-electron chi connectivity index (χ4n) is 0.254. The molecule has 5 heteroatoms. The molecular weight excluding hydrogens is 134 g/mol.